The molecule has 38 heavy (non-hydrogen) atoms. The van der Waals surface area contributed by atoms with E-state index in [1.54, 1.807) is 0 Å². The minimum Gasteiger partial charge on any atom is -0.355 e. The van der Waals surface area contributed by atoms with Gasteiger partial charge in [0.05, 0.1) is 22.4 Å². The maximum Gasteiger partial charge on any atom is 0.0702 e. The Morgan fingerprint density at radius 3 is 1.84 bits per heavy atom. The molecule has 4 heterocycles. The molecule has 3 heteroatoms. The van der Waals surface area contributed by atoms with E-state index in [2.05, 4.69) is 121 Å². The normalized spacial score (nSPS) is 15.8. The van der Waals surface area contributed by atoms with Crippen LogP contribution in [0.5, 0.6) is 0 Å². The second kappa shape index (κ2) is 7.14. The molecule has 0 atom stereocenters. The quantitative estimate of drug-likeness (QED) is 0.268. The third kappa shape index (κ3) is 2.66. The standard InChI is InChI=1S/C35H29N3/c1-34(2)26-14-8-12-24-25-13-9-15-27-32(25)38(31(24)26)33-28(34)19-23(20-29(33)35(27,3)4)37-22-11-7-10-21(18-22)30-16-5-6-17-36-30/h5-20,37H,1-4H3. The molecule has 0 bridgehead atoms. The molecule has 0 fully saturated rings. The number of nitrogens with one attached hydrogen (secondary N) is 1. The Kier molecular flexibility index (Phi) is 4.07. The predicted octanol–water partition coefficient (Wildman–Crippen LogP) is 8.87. The van der Waals surface area contributed by atoms with E-state index in [9.17, 15) is 0 Å². The number of rotatable bonds is 3. The maximum absolute atomic E-state index is 4.55. The van der Waals surface area contributed by atoms with Crippen LogP contribution in [-0.4, -0.2) is 9.55 Å². The van der Waals surface area contributed by atoms with Gasteiger partial charge in [0.15, 0.2) is 0 Å². The summed E-state index contributed by atoms with van der Waals surface area (Å²) in [5.74, 6) is 0. The van der Waals surface area contributed by atoms with Crippen LogP contribution >= 0.6 is 0 Å². The van der Waals surface area contributed by atoms with Gasteiger partial charge in [0.2, 0.25) is 0 Å². The van der Waals surface area contributed by atoms with Crippen molar-refractivity contribution in [3.63, 3.8) is 0 Å². The number of para-hydroxylation sites is 2. The minimum atomic E-state index is -0.130. The topological polar surface area (TPSA) is 29.9 Å². The van der Waals surface area contributed by atoms with E-state index in [-0.39, 0.29) is 10.8 Å². The van der Waals surface area contributed by atoms with Crippen LogP contribution in [0.2, 0.25) is 0 Å². The number of pyridine rings is 1. The first-order chi connectivity index (χ1) is 18.4. The van der Waals surface area contributed by atoms with E-state index in [4.69, 9.17) is 0 Å². The second-order valence-electron chi connectivity index (χ2n) is 11.8. The van der Waals surface area contributed by atoms with Crippen molar-refractivity contribution in [2.45, 2.75) is 38.5 Å². The molecule has 6 aromatic rings. The molecule has 0 unspecified atom stereocenters. The highest BCUT2D eigenvalue weighted by molar-refractivity contribution is 6.14. The van der Waals surface area contributed by atoms with E-state index in [1.807, 2.05) is 18.3 Å². The van der Waals surface area contributed by atoms with Gasteiger partial charge in [-0.05, 0) is 58.7 Å². The van der Waals surface area contributed by atoms with E-state index in [0.29, 0.717) is 0 Å². The van der Waals surface area contributed by atoms with Gasteiger partial charge in [0.1, 0.15) is 0 Å². The van der Waals surface area contributed by atoms with Crippen molar-refractivity contribution in [2.75, 3.05) is 5.32 Å². The Balaban J connectivity index is 1.38. The van der Waals surface area contributed by atoms with Crippen molar-refractivity contribution >= 4 is 33.2 Å². The average molecular weight is 492 g/mol. The van der Waals surface area contributed by atoms with Crippen molar-refractivity contribution < 1.29 is 0 Å². The molecule has 0 saturated carbocycles. The van der Waals surface area contributed by atoms with Gasteiger partial charge in [-0.15, -0.1) is 0 Å². The number of aromatic nitrogens is 2. The molecule has 0 radical (unpaired) electrons. The maximum atomic E-state index is 4.55. The molecule has 3 nitrogen and oxygen atoms in total. The van der Waals surface area contributed by atoms with Gasteiger partial charge in [0, 0.05) is 44.7 Å². The zero-order valence-electron chi connectivity index (χ0n) is 22.1. The van der Waals surface area contributed by atoms with E-state index in [0.717, 1.165) is 22.6 Å². The summed E-state index contributed by atoms with van der Waals surface area (Å²) in [7, 11) is 0. The first-order valence-corrected chi connectivity index (χ1v) is 13.4. The molecule has 0 aliphatic carbocycles. The fraction of sp³-hybridized carbons (Fsp3) is 0.171. The molecule has 4 aromatic carbocycles. The third-order valence-corrected chi connectivity index (χ3v) is 8.95. The average Bonchev–Trinajstić information content (AvgIpc) is 3.27. The molecule has 184 valence electrons. The molecular weight excluding hydrogens is 462 g/mol. The Morgan fingerprint density at radius 1 is 0.605 bits per heavy atom. The van der Waals surface area contributed by atoms with Crippen molar-refractivity contribution in [1.29, 1.82) is 0 Å². The van der Waals surface area contributed by atoms with Crippen molar-refractivity contribution in [1.82, 2.24) is 9.55 Å². The van der Waals surface area contributed by atoms with Crippen LogP contribution in [0, 0.1) is 0 Å². The molecule has 2 aliphatic heterocycles. The molecule has 2 aliphatic rings. The van der Waals surface area contributed by atoms with E-state index in [1.165, 1.54) is 49.7 Å². The van der Waals surface area contributed by atoms with Gasteiger partial charge in [-0.3, -0.25) is 4.98 Å². The first-order valence-electron chi connectivity index (χ1n) is 13.4. The van der Waals surface area contributed by atoms with Crippen LogP contribution < -0.4 is 5.32 Å². The van der Waals surface area contributed by atoms with Crippen LogP contribution in [0.1, 0.15) is 49.9 Å². The van der Waals surface area contributed by atoms with Gasteiger partial charge in [-0.2, -0.15) is 0 Å². The molecule has 0 amide bonds. The van der Waals surface area contributed by atoms with Gasteiger partial charge in [-0.1, -0.05) is 82.3 Å². The third-order valence-electron chi connectivity index (χ3n) is 8.95. The number of hydrogen-bond acceptors (Lipinski definition) is 2. The zero-order chi connectivity index (χ0) is 25.8. The molecule has 0 saturated heterocycles. The zero-order valence-corrected chi connectivity index (χ0v) is 22.1. The Morgan fingerprint density at radius 2 is 1.24 bits per heavy atom. The highest BCUT2D eigenvalue weighted by Crippen LogP contribution is 2.55. The monoisotopic (exact) mass is 491 g/mol. The van der Waals surface area contributed by atoms with Crippen LogP contribution in [0.4, 0.5) is 11.4 Å². The lowest BCUT2D eigenvalue weighted by molar-refractivity contribution is 0.594. The molecule has 0 spiro atoms. The Labute approximate surface area is 222 Å². The largest absolute Gasteiger partial charge is 0.355 e. The van der Waals surface area contributed by atoms with Gasteiger partial charge in [-0.25, -0.2) is 0 Å². The van der Waals surface area contributed by atoms with Crippen molar-refractivity contribution in [3.05, 3.63) is 119 Å². The smallest absolute Gasteiger partial charge is 0.0702 e. The van der Waals surface area contributed by atoms with Gasteiger partial charge < -0.3 is 9.88 Å². The summed E-state index contributed by atoms with van der Waals surface area (Å²) in [6.07, 6.45) is 1.85. The lowest BCUT2D eigenvalue weighted by atomic mass is 9.68. The first kappa shape index (κ1) is 21.7. The summed E-state index contributed by atoms with van der Waals surface area (Å²) in [6, 6.07) is 33.0. The van der Waals surface area contributed by atoms with E-state index < -0.39 is 0 Å². The minimum absolute atomic E-state index is 0.130. The van der Waals surface area contributed by atoms with Crippen molar-refractivity contribution in [3.8, 4) is 16.9 Å². The highest BCUT2D eigenvalue weighted by atomic mass is 15.0. The molecule has 8 rings (SSSR count). The predicted molar refractivity (Wildman–Crippen MR) is 158 cm³/mol. The number of hydrogen-bond donors (Lipinski definition) is 1. The summed E-state index contributed by atoms with van der Waals surface area (Å²) in [4.78, 5) is 4.55. The lowest BCUT2D eigenvalue weighted by Crippen LogP contribution is -2.33. The van der Waals surface area contributed by atoms with Gasteiger partial charge in [0.25, 0.3) is 0 Å². The fourth-order valence-electron chi connectivity index (χ4n) is 6.99. The molecular formula is C35H29N3. The highest BCUT2D eigenvalue weighted by Gasteiger charge is 2.43. The summed E-state index contributed by atoms with van der Waals surface area (Å²) in [5, 5.41) is 6.48. The molecule has 1 N–H and O–H groups in total. The van der Waals surface area contributed by atoms with Crippen LogP contribution in [0.3, 0.4) is 0 Å². The summed E-state index contributed by atoms with van der Waals surface area (Å²) >= 11 is 0. The molecule has 2 aromatic heterocycles. The number of nitrogens with zero attached hydrogens (tertiary/aromatic N) is 2. The lowest BCUT2D eigenvalue weighted by Gasteiger charge is -2.42. The van der Waals surface area contributed by atoms with Crippen LogP contribution in [0.15, 0.2) is 97.2 Å². The van der Waals surface area contributed by atoms with Crippen LogP contribution in [-0.2, 0) is 10.8 Å². The Hall–Kier alpha value is -4.37. The number of benzene rings is 4. The summed E-state index contributed by atoms with van der Waals surface area (Å²) < 4.78 is 2.57. The summed E-state index contributed by atoms with van der Waals surface area (Å²) in [5.41, 5.74) is 13.6. The number of fused-ring (bicyclic) bond motifs is 1. The SMILES string of the molecule is CC1(C)c2cc(Nc3cccc(-c4ccccn4)c3)cc3c2-n2c4c1cccc4c1cccc(c12)C3(C)C. The second-order valence-corrected chi connectivity index (χ2v) is 11.8. The fourth-order valence-corrected chi connectivity index (χ4v) is 6.99. The van der Waals surface area contributed by atoms with E-state index >= 15 is 0 Å². The van der Waals surface area contributed by atoms with Gasteiger partial charge >= 0.3 is 0 Å². The van der Waals surface area contributed by atoms with Crippen LogP contribution in [0.25, 0.3) is 38.8 Å². The van der Waals surface area contributed by atoms with Crippen molar-refractivity contribution in [2.24, 2.45) is 0 Å². The summed E-state index contributed by atoms with van der Waals surface area (Å²) in [6.45, 7) is 9.53. The Bertz CT molecular complexity index is 1850. The number of anilines is 2.